The van der Waals surface area contributed by atoms with Gasteiger partial charge in [-0.05, 0) is 32.1 Å². The predicted molar refractivity (Wildman–Crippen MR) is 61.7 cm³/mol. The first-order chi connectivity index (χ1) is 8.61. The highest BCUT2D eigenvalue weighted by Crippen LogP contribution is 2.44. The highest BCUT2D eigenvalue weighted by molar-refractivity contribution is 5.81. The minimum Gasteiger partial charge on any atom is -0.375 e. The summed E-state index contributed by atoms with van der Waals surface area (Å²) in [5.74, 6) is 0.174. The Morgan fingerprint density at radius 1 is 1.44 bits per heavy atom. The van der Waals surface area contributed by atoms with Gasteiger partial charge >= 0.3 is 0 Å². The van der Waals surface area contributed by atoms with Crippen molar-refractivity contribution >= 4 is 5.78 Å². The van der Waals surface area contributed by atoms with Crippen molar-refractivity contribution in [1.29, 1.82) is 0 Å². The number of alkyl halides is 2. The van der Waals surface area contributed by atoms with Crippen LogP contribution in [0.25, 0.3) is 0 Å². The van der Waals surface area contributed by atoms with Crippen LogP contribution in [-0.4, -0.2) is 37.6 Å². The van der Waals surface area contributed by atoms with E-state index in [1.807, 2.05) is 0 Å². The molecule has 0 aromatic carbocycles. The van der Waals surface area contributed by atoms with Gasteiger partial charge in [0.2, 0.25) is 0 Å². The number of ketones is 1. The summed E-state index contributed by atoms with van der Waals surface area (Å²) >= 11 is 0. The molecule has 1 heterocycles. The van der Waals surface area contributed by atoms with Crippen molar-refractivity contribution in [2.45, 2.75) is 50.6 Å². The van der Waals surface area contributed by atoms with Gasteiger partial charge in [-0.25, -0.2) is 8.78 Å². The topological polar surface area (TPSA) is 35.5 Å². The van der Waals surface area contributed by atoms with Crippen LogP contribution in [0, 0.1) is 5.92 Å². The monoisotopic (exact) mass is 262 g/mol. The fourth-order valence-electron chi connectivity index (χ4n) is 2.77. The van der Waals surface area contributed by atoms with Crippen LogP contribution in [-0.2, 0) is 14.3 Å². The van der Waals surface area contributed by atoms with Gasteiger partial charge in [-0.1, -0.05) is 0 Å². The molecule has 1 saturated heterocycles. The Labute approximate surface area is 106 Å². The average molecular weight is 262 g/mol. The fourth-order valence-corrected chi connectivity index (χ4v) is 2.77. The molecule has 18 heavy (non-hydrogen) atoms. The van der Waals surface area contributed by atoms with E-state index in [9.17, 15) is 13.6 Å². The first-order valence-electron chi connectivity index (χ1n) is 6.64. The maximum absolute atomic E-state index is 11.9. The van der Waals surface area contributed by atoms with Crippen molar-refractivity contribution in [1.82, 2.24) is 0 Å². The van der Waals surface area contributed by atoms with Gasteiger partial charge in [0, 0.05) is 18.9 Å². The van der Waals surface area contributed by atoms with Crippen LogP contribution in [0.5, 0.6) is 0 Å². The van der Waals surface area contributed by atoms with Crippen LogP contribution in [0.1, 0.15) is 38.5 Å². The predicted octanol–water partition coefficient (Wildman–Crippen LogP) is 2.58. The Hall–Kier alpha value is -0.550. The Kier molecular flexibility index (Phi) is 4.67. The van der Waals surface area contributed by atoms with Gasteiger partial charge < -0.3 is 9.47 Å². The molecule has 2 aliphatic rings. The van der Waals surface area contributed by atoms with Crippen molar-refractivity contribution in [2.24, 2.45) is 5.92 Å². The zero-order valence-corrected chi connectivity index (χ0v) is 10.5. The molecule has 3 nitrogen and oxygen atoms in total. The Bertz CT molecular complexity index is 290. The second kappa shape index (κ2) is 6.06. The zero-order valence-electron chi connectivity index (χ0n) is 10.5. The van der Waals surface area contributed by atoms with Gasteiger partial charge in [-0.3, -0.25) is 4.79 Å². The van der Waals surface area contributed by atoms with E-state index >= 15 is 0 Å². The molecule has 0 N–H and O–H groups in total. The van der Waals surface area contributed by atoms with Gasteiger partial charge in [0.25, 0.3) is 6.43 Å². The van der Waals surface area contributed by atoms with Gasteiger partial charge in [0.05, 0.1) is 12.2 Å². The summed E-state index contributed by atoms with van der Waals surface area (Å²) in [4.78, 5) is 11.9. The minimum absolute atomic E-state index is 0.0363. The van der Waals surface area contributed by atoms with Crippen molar-refractivity contribution in [3.8, 4) is 0 Å². The SMILES string of the molecule is O=C(CCOCC(F)F)C1CCOC2(CCC2)C1. The Morgan fingerprint density at radius 2 is 2.22 bits per heavy atom. The number of hydrogen-bond acceptors (Lipinski definition) is 3. The largest absolute Gasteiger partial charge is 0.375 e. The zero-order chi connectivity index (χ0) is 13.0. The molecular formula is C13H20F2O3. The second-order valence-electron chi connectivity index (χ2n) is 5.26. The van der Waals surface area contributed by atoms with Crippen LogP contribution in [0.3, 0.4) is 0 Å². The average Bonchev–Trinajstić information content (AvgIpc) is 2.32. The molecule has 0 amide bonds. The normalized spacial score (nSPS) is 26.3. The summed E-state index contributed by atoms with van der Waals surface area (Å²) in [5, 5.41) is 0. The van der Waals surface area contributed by atoms with Crippen LogP contribution in [0.2, 0.25) is 0 Å². The smallest absolute Gasteiger partial charge is 0.261 e. The number of hydrogen-bond donors (Lipinski definition) is 0. The quantitative estimate of drug-likeness (QED) is 0.690. The minimum atomic E-state index is -2.46. The third kappa shape index (κ3) is 3.48. The fraction of sp³-hybridized carbons (Fsp3) is 0.923. The highest BCUT2D eigenvalue weighted by Gasteiger charge is 2.43. The summed E-state index contributed by atoms with van der Waals surface area (Å²) in [6, 6.07) is 0. The molecule has 2 fully saturated rings. The molecule has 1 spiro atoms. The van der Waals surface area contributed by atoms with Gasteiger partial charge in [0.1, 0.15) is 12.4 Å². The lowest BCUT2D eigenvalue weighted by Gasteiger charge is -2.46. The van der Waals surface area contributed by atoms with E-state index in [1.165, 1.54) is 6.42 Å². The number of halogens is 2. The lowest BCUT2D eigenvalue weighted by Crippen LogP contribution is -2.47. The number of carbonyl (C=O) groups excluding carboxylic acids is 1. The van der Waals surface area contributed by atoms with E-state index in [1.54, 1.807) is 0 Å². The molecule has 1 saturated carbocycles. The summed E-state index contributed by atoms with van der Waals surface area (Å²) in [7, 11) is 0. The number of Topliss-reactive ketones (excluding diaryl/α,β-unsaturated/α-hetero) is 1. The van der Waals surface area contributed by atoms with Crippen LogP contribution in [0.4, 0.5) is 8.78 Å². The summed E-state index contributed by atoms with van der Waals surface area (Å²) in [6.07, 6.45) is 2.64. The van der Waals surface area contributed by atoms with Crippen LogP contribution in [0.15, 0.2) is 0 Å². The van der Waals surface area contributed by atoms with Crippen molar-refractivity contribution < 1.29 is 23.0 Å². The second-order valence-corrected chi connectivity index (χ2v) is 5.26. The molecule has 0 aromatic rings. The lowest BCUT2D eigenvalue weighted by molar-refractivity contribution is -0.156. The highest BCUT2D eigenvalue weighted by atomic mass is 19.3. The third-order valence-electron chi connectivity index (χ3n) is 3.95. The summed E-state index contributed by atoms with van der Waals surface area (Å²) < 4.78 is 34.2. The van der Waals surface area contributed by atoms with Crippen LogP contribution >= 0.6 is 0 Å². The molecule has 0 bridgehead atoms. The van der Waals surface area contributed by atoms with E-state index in [2.05, 4.69) is 0 Å². The van der Waals surface area contributed by atoms with Gasteiger partial charge in [-0.15, -0.1) is 0 Å². The lowest BCUT2D eigenvalue weighted by atomic mass is 9.71. The number of ether oxygens (including phenoxy) is 2. The van der Waals surface area contributed by atoms with Gasteiger partial charge in [-0.2, -0.15) is 0 Å². The van der Waals surface area contributed by atoms with Crippen LogP contribution < -0.4 is 0 Å². The van der Waals surface area contributed by atoms with E-state index in [4.69, 9.17) is 9.47 Å². The Morgan fingerprint density at radius 3 is 2.83 bits per heavy atom. The van der Waals surface area contributed by atoms with Crippen molar-refractivity contribution in [2.75, 3.05) is 19.8 Å². The molecule has 104 valence electrons. The molecule has 0 aromatic heterocycles. The standard InChI is InChI=1S/C13H20F2O3/c14-12(15)9-17-6-3-11(16)10-2-7-18-13(8-10)4-1-5-13/h10,12H,1-9H2. The van der Waals surface area contributed by atoms with Crippen molar-refractivity contribution in [3.05, 3.63) is 0 Å². The molecule has 1 unspecified atom stereocenters. The van der Waals surface area contributed by atoms with Gasteiger partial charge in [0.15, 0.2) is 0 Å². The number of rotatable bonds is 6. The van der Waals surface area contributed by atoms with E-state index in [-0.39, 0.29) is 30.3 Å². The maximum Gasteiger partial charge on any atom is 0.261 e. The first-order valence-corrected chi connectivity index (χ1v) is 6.64. The molecule has 5 heteroatoms. The first kappa shape index (κ1) is 13.9. The van der Waals surface area contributed by atoms with E-state index < -0.39 is 13.0 Å². The van der Waals surface area contributed by atoms with E-state index in [0.717, 1.165) is 25.7 Å². The van der Waals surface area contributed by atoms with Crippen molar-refractivity contribution in [3.63, 3.8) is 0 Å². The number of carbonyl (C=O) groups is 1. The summed E-state index contributed by atoms with van der Waals surface area (Å²) in [5.41, 5.74) is -0.0393. The molecule has 0 radical (unpaired) electrons. The molecular weight excluding hydrogens is 242 g/mol. The maximum atomic E-state index is 11.9. The summed E-state index contributed by atoms with van der Waals surface area (Å²) in [6.45, 7) is 0.173. The third-order valence-corrected chi connectivity index (χ3v) is 3.95. The Balaban J connectivity index is 1.68. The molecule has 1 aliphatic carbocycles. The molecule has 1 atom stereocenters. The molecule has 2 rings (SSSR count). The molecule has 1 aliphatic heterocycles. The van der Waals surface area contributed by atoms with E-state index in [0.29, 0.717) is 6.61 Å².